The monoisotopic (exact) mass is 296 g/mol. The number of likely N-dealkylation sites (tertiary alicyclic amines) is 1. The van der Waals surface area contributed by atoms with Crippen LogP contribution in [0.1, 0.15) is 16.8 Å². The number of nitrogens with one attached hydrogen (secondary N) is 1. The molecule has 116 valence electrons. The largest absolute Gasteiger partial charge is 0.391 e. The van der Waals surface area contributed by atoms with Crippen LogP contribution >= 0.6 is 0 Å². The Kier molecular flexibility index (Phi) is 4.76. The van der Waals surface area contributed by atoms with Crippen molar-refractivity contribution in [1.29, 1.82) is 0 Å². The Balaban J connectivity index is 2.28. The van der Waals surface area contributed by atoms with Crippen LogP contribution in [0.5, 0.6) is 0 Å². The number of rotatable bonds is 4. The molecular formula is C14H21FN4O2. The number of carbonyl (C=O) groups is 1. The number of halogens is 1. The van der Waals surface area contributed by atoms with Crippen LogP contribution in [0.4, 0.5) is 10.1 Å². The van der Waals surface area contributed by atoms with E-state index in [0.717, 1.165) is 0 Å². The highest BCUT2D eigenvalue weighted by Crippen LogP contribution is 2.25. The molecule has 1 aromatic carbocycles. The Morgan fingerprint density at radius 1 is 1.57 bits per heavy atom. The number of anilines is 1. The van der Waals surface area contributed by atoms with Crippen molar-refractivity contribution in [2.45, 2.75) is 18.6 Å². The van der Waals surface area contributed by atoms with Gasteiger partial charge in [0.2, 0.25) is 0 Å². The van der Waals surface area contributed by atoms with Gasteiger partial charge in [-0.2, -0.15) is 0 Å². The Hall–Kier alpha value is -1.70. The molecule has 0 radical (unpaired) electrons. The molecule has 21 heavy (non-hydrogen) atoms. The van der Waals surface area contributed by atoms with E-state index in [4.69, 9.17) is 5.84 Å². The molecule has 2 rings (SSSR count). The average Bonchev–Trinajstić information content (AvgIpc) is 2.77. The van der Waals surface area contributed by atoms with Gasteiger partial charge in [0.15, 0.2) is 0 Å². The fraction of sp³-hybridized carbons (Fsp3) is 0.500. The Labute approximate surface area is 123 Å². The number of carbonyl (C=O) groups excluding carboxylic acids is 1. The van der Waals surface area contributed by atoms with Gasteiger partial charge in [-0.25, -0.2) is 4.39 Å². The van der Waals surface area contributed by atoms with Crippen molar-refractivity contribution < 1.29 is 14.3 Å². The Morgan fingerprint density at radius 2 is 2.29 bits per heavy atom. The number of nitrogen functional groups attached to an aromatic ring is 1. The van der Waals surface area contributed by atoms with Crippen molar-refractivity contribution in [2.75, 3.05) is 32.6 Å². The molecule has 1 aromatic rings. The molecule has 7 heteroatoms. The maximum Gasteiger partial charge on any atom is 0.256 e. The van der Waals surface area contributed by atoms with Crippen molar-refractivity contribution in [3.63, 3.8) is 0 Å². The smallest absolute Gasteiger partial charge is 0.256 e. The van der Waals surface area contributed by atoms with Crippen molar-refractivity contribution in [3.05, 3.63) is 29.6 Å². The first kappa shape index (κ1) is 15.7. The van der Waals surface area contributed by atoms with E-state index in [9.17, 15) is 14.3 Å². The summed E-state index contributed by atoms with van der Waals surface area (Å²) >= 11 is 0. The highest BCUT2D eigenvalue weighted by molar-refractivity contribution is 6.00. The molecule has 1 aliphatic rings. The standard InChI is InChI=1S/C14H21FN4O2/c1-18(2)7-9-6-10(20)8-19(9)14(21)11-4-3-5-12(15)13(11)17-16/h3-5,9-10,17,20H,6-8,16H2,1-2H3. The molecule has 1 amide bonds. The van der Waals surface area contributed by atoms with E-state index < -0.39 is 11.9 Å². The summed E-state index contributed by atoms with van der Waals surface area (Å²) in [5.41, 5.74) is 2.40. The van der Waals surface area contributed by atoms with Gasteiger partial charge in [0, 0.05) is 19.1 Å². The van der Waals surface area contributed by atoms with Crippen molar-refractivity contribution in [1.82, 2.24) is 9.80 Å². The zero-order chi connectivity index (χ0) is 15.6. The van der Waals surface area contributed by atoms with E-state index in [1.54, 1.807) is 4.90 Å². The lowest BCUT2D eigenvalue weighted by molar-refractivity contribution is 0.0699. The number of likely N-dealkylation sites (N-methyl/N-ethyl adjacent to an activating group) is 1. The molecule has 1 saturated heterocycles. The van der Waals surface area contributed by atoms with E-state index >= 15 is 0 Å². The molecule has 0 spiro atoms. The number of β-amino-alcohol motifs (C(OH)–C–C–N with tert-alkyl or cyclic N) is 1. The Bertz CT molecular complexity index is 524. The van der Waals surface area contributed by atoms with Gasteiger partial charge >= 0.3 is 0 Å². The normalized spacial score (nSPS) is 21.9. The maximum absolute atomic E-state index is 13.7. The summed E-state index contributed by atoms with van der Waals surface area (Å²) in [4.78, 5) is 16.2. The third-order valence-corrected chi connectivity index (χ3v) is 3.62. The number of para-hydroxylation sites is 1. The lowest BCUT2D eigenvalue weighted by Crippen LogP contribution is -2.41. The van der Waals surface area contributed by atoms with E-state index in [-0.39, 0.29) is 29.7 Å². The molecule has 1 heterocycles. The van der Waals surface area contributed by atoms with Gasteiger partial charge in [0.25, 0.3) is 5.91 Å². The van der Waals surface area contributed by atoms with E-state index in [1.165, 1.54) is 18.2 Å². The van der Waals surface area contributed by atoms with Crippen LogP contribution in [0.25, 0.3) is 0 Å². The predicted molar refractivity (Wildman–Crippen MR) is 78.2 cm³/mol. The van der Waals surface area contributed by atoms with Crippen LogP contribution in [0, 0.1) is 5.82 Å². The molecule has 6 nitrogen and oxygen atoms in total. The van der Waals surface area contributed by atoms with Gasteiger partial charge in [-0.3, -0.25) is 10.6 Å². The van der Waals surface area contributed by atoms with Gasteiger partial charge in [0.1, 0.15) is 5.82 Å². The number of nitrogens with two attached hydrogens (primary N) is 1. The van der Waals surface area contributed by atoms with Gasteiger partial charge in [-0.15, -0.1) is 0 Å². The average molecular weight is 296 g/mol. The summed E-state index contributed by atoms with van der Waals surface area (Å²) in [7, 11) is 3.81. The first-order chi connectivity index (χ1) is 9.93. The fourth-order valence-corrected chi connectivity index (χ4v) is 2.74. The minimum Gasteiger partial charge on any atom is -0.391 e. The highest BCUT2D eigenvalue weighted by atomic mass is 19.1. The van der Waals surface area contributed by atoms with Gasteiger partial charge in [-0.1, -0.05) is 6.07 Å². The van der Waals surface area contributed by atoms with E-state index in [2.05, 4.69) is 5.43 Å². The summed E-state index contributed by atoms with van der Waals surface area (Å²) in [6.45, 7) is 0.890. The second kappa shape index (κ2) is 6.38. The lowest BCUT2D eigenvalue weighted by Gasteiger charge is -2.27. The number of nitrogens with zero attached hydrogens (tertiary/aromatic N) is 2. The van der Waals surface area contributed by atoms with Crippen LogP contribution in [-0.4, -0.2) is 60.1 Å². The quantitative estimate of drug-likeness (QED) is 0.548. The van der Waals surface area contributed by atoms with Crippen molar-refractivity contribution >= 4 is 11.6 Å². The predicted octanol–water partition coefficient (Wildman–Crippen LogP) is 0.248. The topological polar surface area (TPSA) is 81.8 Å². The van der Waals surface area contributed by atoms with Crippen LogP contribution in [0.15, 0.2) is 18.2 Å². The molecule has 4 N–H and O–H groups in total. The first-order valence-corrected chi connectivity index (χ1v) is 6.83. The molecule has 0 aliphatic carbocycles. The molecule has 2 atom stereocenters. The first-order valence-electron chi connectivity index (χ1n) is 6.83. The zero-order valence-corrected chi connectivity index (χ0v) is 12.2. The highest BCUT2D eigenvalue weighted by Gasteiger charge is 2.35. The number of aliphatic hydroxyl groups is 1. The lowest BCUT2D eigenvalue weighted by atomic mass is 10.1. The van der Waals surface area contributed by atoms with Gasteiger partial charge in [0.05, 0.1) is 17.4 Å². The molecule has 1 aliphatic heterocycles. The number of amides is 1. The summed E-state index contributed by atoms with van der Waals surface area (Å²) in [6, 6.07) is 4.13. The molecule has 2 unspecified atom stereocenters. The minimum atomic E-state index is -0.577. The molecular weight excluding hydrogens is 275 g/mol. The zero-order valence-electron chi connectivity index (χ0n) is 12.2. The van der Waals surface area contributed by atoms with Crippen LogP contribution in [0.3, 0.4) is 0 Å². The van der Waals surface area contributed by atoms with Gasteiger partial charge in [-0.05, 0) is 32.6 Å². The van der Waals surface area contributed by atoms with Crippen molar-refractivity contribution in [2.24, 2.45) is 5.84 Å². The molecule has 0 bridgehead atoms. The number of hydrogen-bond acceptors (Lipinski definition) is 5. The van der Waals surface area contributed by atoms with Crippen LogP contribution < -0.4 is 11.3 Å². The third-order valence-electron chi connectivity index (χ3n) is 3.62. The number of benzene rings is 1. The minimum absolute atomic E-state index is 0.0208. The summed E-state index contributed by atoms with van der Waals surface area (Å²) in [5, 5.41) is 9.83. The van der Waals surface area contributed by atoms with Crippen LogP contribution in [-0.2, 0) is 0 Å². The van der Waals surface area contributed by atoms with Crippen molar-refractivity contribution in [3.8, 4) is 0 Å². The SMILES string of the molecule is CN(C)CC1CC(O)CN1C(=O)c1cccc(F)c1NN. The molecule has 1 fully saturated rings. The summed E-state index contributed by atoms with van der Waals surface area (Å²) in [5.74, 6) is 4.41. The maximum atomic E-state index is 13.7. The Morgan fingerprint density at radius 3 is 2.90 bits per heavy atom. The van der Waals surface area contributed by atoms with E-state index in [1.807, 2.05) is 19.0 Å². The van der Waals surface area contributed by atoms with E-state index in [0.29, 0.717) is 13.0 Å². The fourth-order valence-electron chi connectivity index (χ4n) is 2.74. The third kappa shape index (κ3) is 3.31. The molecule has 0 saturated carbocycles. The summed E-state index contributed by atoms with van der Waals surface area (Å²) < 4.78 is 13.7. The second-order valence-corrected chi connectivity index (χ2v) is 5.57. The number of hydrogen-bond donors (Lipinski definition) is 3. The number of hydrazine groups is 1. The van der Waals surface area contributed by atoms with Crippen LogP contribution in [0.2, 0.25) is 0 Å². The number of aliphatic hydroxyl groups excluding tert-OH is 1. The summed E-state index contributed by atoms with van der Waals surface area (Å²) in [6.07, 6.45) is -0.0355. The molecule has 0 aromatic heterocycles. The second-order valence-electron chi connectivity index (χ2n) is 5.57. The van der Waals surface area contributed by atoms with Gasteiger partial charge < -0.3 is 20.3 Å².